The smallest absolute Gasteiger partial charge is 0.241 e. The Morgan fingerprint density at radius 3 is 2.24 bits per heavy atom. The molecular formula is C14H19N3O3S. The van der Waals surface area contributed by atoms with Gasteiger partial charge in [0.1, 0.15) is 0 Å². The predicted molar refractivity (Wildman–Crippen MR) is 78.9 cm³/mol. The van der Waals surface area contributed by atoms with Crippen molar-refractivity contribution in [3.05, 3.63) is 29.8 Å². The summed E-state index contributed by atoms with van der Waals surface area (Å²) in [5.41, 5.74) is 0.376. The van der Waals surface area contributed by atoms with Crippen LogP contribution in [0.5, 0.6) is 0 Å². The fourth-order valence-electron chi connectivity index (χ4n) is 1.87. The van der Waals surface area contributed by atoms with Crippen LogP contribution in [0.15, 0.2) is 29.2 Å². The molecule has 0 saturated carbocycles. The first kappa shape index (κ1) is 17.1. The Morgan fingerprint density at radius 1 is 1.29 bits per heavy atom. The molecule has 1 N–H and O–H groups in total. The summed E-state index contributed by atoms with van der Waals surface area (Å²) in [6.45, 7) is 6.24. The second kappa shape index (κ2) is 7.20. The van der Waals surface area contributed by atoms with Gasteiger partial charge in [0.15, 0.2) is 0 Å². The van der Waals surface area contributed by atoms with Gasteiger partial charge in [0.2, 0.25) is 15.9 Å². The lowest BCUT2D eigenvalue weighted by molar-refractivity contribution is -0.132. The molecule has 0 heterocycles. The van der Waals surface area contributed by atoms with E-state index in [-0.39, 0.29) is 10.8 Å². The van der Waals surface area contributed by atoms with Crippen LogP contribution in [-0.2, 0) is 14.8 Å². The zero-order valence-electron chi connectivity index (χ0n) is 12.3. The van der Waals surface area contributed by atoms with Crippen molar-refractivity contribution in [2.45, 2.75) is 31.7 Å². The summed E-state index contributed by atoms with van der Waals surface area (Å²) in [4.78, 5) is 13.7. The minimum Gasteiger partial charge on any atom is -0.342 e. The molecule has 6 nitrogen and oxygen atoms in total. The van der Waals surface area contributed by atoms with Crippen molar-refractivity contribution < 1.29 is 13.2 Å². The van der Waals surface area contributed by atoms with E-state index in [4.69, 9.17) is 5.26 Å². The van der Waals surface area contributed by atoms with Gasteiger partial charge in [-0.2, -0.15) is 9.98 Å². The van der Waals surface area contributed by atoms with Crippen LogP contribution in [0, 0.1) is 11.3 Å². The molecule has 1 rings (SSSR count). The number of rotatable bonds is 6. The average Bonchev–Trinajstić information content (AvgIpc) is 2.48. The number of nitrogens with zero attached hydrogens (tertiary/aromatic N) is 2. The SMILES string of the molecule is CCN(CC)C(=O)C(C)NS(=O)(=O)c1ccc(C#N)cc1. The van der Waals surface area contributed by atoms with E-state index < -0.39 is 16.1 Å². The first-order chi connectivity index (χ1) is 9.85. The normalized spacial score (nSPS) is 12.5. The Labute approximate surface area is 125 Å². The second-order valence-corrected chi connectivity index (χ2v) is 6.20. The minimum atomic E-state index is -3.79. The highest BCUT2D eigenvalue weighted by molar-refractivity contribution is 7.89. The Morgan fingerprint density at radius 2 is 1.81 bits per heavy atom. The van der Waals surface area contributed by atoms with Crippen molar-refractivity contribution >= 4 is 15.9 Å². The molecule has 114 valence electrons. The highest BCUT2D eigenvalue weighted by Gasteiger charge is 2.24. The lowest BCUT2D eigenvalue weighted by Gasteiger charge is -2.23. The van der Waals surface area contributed by atoms with Gasteiger partial charge in [-0.15, -0.1) is 0 Å². The number of benzene rings is 1. The molecular weight excluding hydrogens is 290 g/mol. The van der Waals surface area contributed by atoms with Crippen LogP contribution in [0.4, 0.5) is 0 Å². The third kappa shape index (κ3) is 4.28. The molecule has 1 amide bonds. The summed E-state index contributed by atoms with van der Waals surface area (Å²) in [6, 6.07) is 6.61. The largest absolute Gasteiger partial charge is 0.342 e. The third-order valence-corrected chi connectivity index (χ3v) is 4.63. The summed E-state index contributed by atoms with van der Waals surface area (Å²) in [5.74, 6) is -0.266. The van der Waals surface area contributed by atoms with Crippen LogP contribution >= 0.6 is 0 Å². The number of nitriles is 1. The van der Waals surface area contributed by atoms with Gasteiger partial charge in [-0.1, -0.05) is 0 Å². The molecule has 0 bridgehead atoms. The number of nitrogens with one attached hydrogen (secondary N) is 1. The molecule has 0 aliphatic heterocycles. The fraction of sp³-hybridized carbons (Fsp3) is 0.429. The van der Waals surface area contributed by atoms with Gasteiger partial charge in [0.25, 0.3) is 0 Å². The third-order valence-electron chi connectivity index (χ3n) is 3.07. The minimum absolute atomic E-state index is 0.0284. The maximum Gasteiger partial charge on any atom is 0.241 e. The average molecular weight is 309 g/mol. The van der Waals surface area contributed by atoms with Crippen LogP contribution in [0.3, 0.4) is 0 Å². The molecule has 7 heteroatoms. The van der Waals surface area contributed by atoms with E-state index in [9.17, 15) is 13.2 Å². The van der Waals surface area contributed by atoms with E-state index in [1.807, 2.05) is 19.9 Å². The van der Waals surface area contributed by atoms with Crippen LogP contribution in [0.25, 0.3) is 0 Å². The van der Waals surface area contributed by atoms with Gasteiger partial charge < -0.3 is 4.90 Å². The zero-order chi connectivity index (χ0) is 16.0. The maximum absolute atomic E-state index is 12.2. The molecule has 0 aliphatic carbocycles. The first-order valence-electron chi connectivity index (χ1n) is 6.67. The molecule has 21 heavy (non-hydrogen) atoms. The van der Waals surface area contributed by atoms with Crippen molar-refractivity contribution in [2.75, 3.05) is 13.1 Å². The van der Waals surface area contributed by atoms with Crippen molar-refractivity contribution in [2.24, 2.45) is 0 Å². The van der Waals surface area contributed by atoms with Crippen LogP contribution in [-0.4, -0.2) is 38.4 Å². The molecule has 1 aromatic rings. The number of hydrogen-bond acceptors (Lipinski definition) is 4. The molecule has 0 aliphatic rings. The number of amides is 1. The molecule has 0 fully saturated rings. The maximum atomic E-state index is 12.2. The van der Waals surface area contributed by atoms with Gasteiger partial charge in [0.05, 0.1) is 22.6 Å². The van der Waals surface area contributed by atoms with E-state index in [2.05, 4.69) is 4.72 Å². The lowest BCUT2D eigenvalue weighted by atomic mass is 10.2. The molecule has 1 unspecified atom stereocenters. The molecule has 1 aromatic carbocycles. The van der Waals surface area contributed by atoms with E-state index in [0.29, 0.717) is 18.7 Å². The van der Waals surface area contributed by atoms with Gasteiger partial charge >= 0.3 is 0 Å². The molecule has 0 saturated heterocycles. The van der Waals surface area contributed by atoms with Crippen molar-refractivity contribution in [3.63, 3.8) is 0 Å². The monoisotopic (exact) mass is 309 g/mol. The number of carbonyl (C=O) groups is 1. The highest BCUT2D eigenvalue weighted by atomic mass is 32.2. The van der Waals surface area contributed by atoms with E-state index in [1.165, 1.54) is 31.2 Å². The summed E-state index contributed by atoms with van der Waals surface area (Å²) in [5, 5.41) is 8.70. The van der Waals surface area contributed by atoms with E-state index in [0.717, 1.165) is 0 Å². The summed E-state index contributed by atoms with van der Waals surface area (Å²) < 4.78 is 26.7. The van der Waals surface area contributed by atoms with Crippen molar-refractivity contribution in [1.82, 2.24) is 9.62 Å². The van der Waals surface area contributed by atoms with E-state index in [1.54, 1.807) is 4.90 Å². The zero-order valence-corrected chi connectivity index (χ0v) is 13.1. The summed E-state index contributed by atoms with van der Waals surface area (Å²) in [6.07, 6.45) is 0. The Kier molecular flexibility index (Phi) is 5.88. The Balaban J connectivity index is 2.89. The van der Waals surface area contributed by atoms with Crippen molar-refractivity contribution in [1.29, 1.82) is 5.26 Å². The molecule has 0 aromatic heterocycles. The number of likely N-dealkylation sites (N-methyl/N-ethyl adjacent to an activating group) is 1. The first-order valence-corrected chi connectivity index (χ1v) is 8.15. The second-order valence-electron chi connectivity index (χ2n) is 4.49. The summed E-state index contributed by atoms with van der Waals surface area (Å²) in [7, 11) is -3.79. The molecule has 0 radical (unpaired) electrons. The van der Waals surface area contributed by atoms with Crippen LogP contribution in [0.1, 0.15) is 26.3 Å². The molecule has 0 spiro atoms. The van der Waals surface area contributed by atoms with Crippen LogP contribution in [0.2, 0.25) is 0 Å². The quantitative estimate of drug-likeness (QED) is 0.851. The standard InChI is InChI=1S/C14H19N3O3S/c1-4-17(5-2)14(18)11(3)16-21(19,20)13-8-6-12(10-15)7-9-13/h6-9,11,16H,4-5H2,1-3H3. The van der Waals surface area contributed by atoms with Gasteiger partial charge in [-0.05, 0) is 45.0 Å². The van der Waals surface area contributed by atoms with Crippen molar-refractivity contribution in [3.8, 4) is 6.07 Å². The van der Waals surface area contributed by atoms with Gasteiger partial charge in [-0.3, -0.25) is 4.79 Å². The highest BCUT2D eigenvalue weighted by Crippen LogP contribution is 2.11. The summed E-state index contributed by atoms with van der Waals surface area (Å²) >= 11 is 0. The lowest BCUT2D eigenvalue weighted by Crippen LogP contribution is -2.46. The van der Waals surface area contributed by atoms with E-state index >= 15 is 0 Å². The Bertz CT molecular complexity index is 628. The number of hydrogen-bond donors (Lipinski definition) is 1. The number of carbonyl (C=O) groups excluding carboxylic acids is 1. The van der Waals surface area contributed by atoms with Crippen LogP contribution < -0.4 is 4.72 Å². The number of sulfonamides is 1. The topological polar surface area (TPSA) is 90.3 Å². The predicted octanol–water partition coefficient (Wildman–Crippen LogP) is 1.09. The van der Waals surface area contributed by atoms with Gasteiger partial charge in [-0.25, -0.2) is 8.42 Å². The fourth-order valence-corrected chi connectivity index (χ4v) is 3.07. The molecule has 1 atom stereocenters. The van der Waals surface area contributed by atoms with Gasteiger partial charge in [0, 0.05) is 13.1 Å². The Hall–Kier alpha value is -1.91.